The van der Waals surface area contributed by atoms with Gasteiger partial charge in [0.2, 0.25) is 5.89 Å². The van der Waals surface area contributed by atoms with Crippen LogP contribution in [0.5, 0.6) is 0 Å². The minimum absolute atomic E-state index is 0.157. The molecule has 1 aliphatic heterocycles. The van der Waals surface area contributed by atoms with Gasteiger partial charge < -0.3 is 19.5 Å². The van der Waals surface area contributed by atoms with Gasteiger partial charge in [-0.2, -0.15) is 16.7 Å². The SMILES string of the molecule is CCNC(=NCc1nc(C(C)OCC)no1)N1CCSC2(CCCCC2)C1. The van der Waals surface area contributed by atoms with E-state index in [1.807, 2.05) is 13.8 Å². The first-order valence-corrected chi connectivity index (χ1v) is 11.3. The Bertz CT molecular complexity index is 609. The fraction of sp³-hybridized carbons (Fsp3) is 0.842. The smallest absolute Gasteiger partial charge is 0.248 e. The third-order valence-corrected chi connectivity index (χ3v) is 6.81. The van der Waals surface area contributed by atoms with Gasteiger partial charge in [0.1, 0.15) is 12.6 Å². The van der Waals surface area contributed by atoms with Gasteiger partial charge in [-0.3, -0.25) is 0 Å². The van der Waals surface area contributed by atoms with Crippen molar-refractivity contribution in [1.29, 1.82) is 0 Å². The molecule has 1 N–H and O–H groups in total. The van der Waals surface area contributed by atoms with E-state index in [1.54, 1.807) is 0 Å². The van der Waals surface area contributed by atoms with Gasteiger partial charge >= 0.3 is 0 Å². The van der Waals surface area contributed by atoms with E-state index in [0.717, 1.165) is 25.6 Å². The molecule has 152 valence electrons. The second-order valence-corrected chi connectivity index (χ2v) is 8.89. The standard InChI is InChI=1S/C19H33N5O2S/c1-4-20-18(21-13-16-22-17(23-26-16)15(3)25-5-2)24-11-12-27-19(14-24)9-7-6-8-10-19/h15H,4-14H2,1-3H3,(H,20,21). The molecule has 3 rings (SSSR count). The highest BCUT2D eigenvalue weighted by Crippen LogP contribution is 2.42. The Kier molecular flexibility index (Phi) is 7.41. The van der Waals surface area contributed by atoms with E-state index in [4.69, 9.17) is 14.3 Å². The number of aromatic nitrogens is 2. The van der Waals surface area contributed by atoms with Crippen LogP contribution < -0.4 is 5.32 Å². The zero-order valence-corrected chi connectivity index (χ0v) is 17.7. The summed E-state index contributed by atoms with van der Waals surface area (Å²) >= 11 is 2.17. The lowest BCUT2D eigenvalue weighted by Gasteiger charge is -2.45. The maximum absolute atomic E-state index is 5.52. The molecule has 2 fully saturated rings. The van der Waals surface area contributed by atoms with Gasteiger partial charge in [0, 0.05) is 36.7 Å². The second-order valence-electron chi connectivity index (χ2n) is 7.33. The molecule has 1 saturated carbocycles. The maximum atomic E-state index is 5.52. The second kappa shape index (κ2) is 9.78. The molecule has 2 aliphatic rings. The number of rotatable bonds is 6. The maximum Gasteiger partial charge on any atom is 0.248 e. The fourth-order valence-electron chi connectivity index (χ4n) is 3.91. The van der Waals surface area contributed by atoms with Crippen molar-refractivity contribution in [2.75, 3.05) is 32.0 Å². The van der Waals surface area contributed by atoms with Crippen LogP contribution in [0, 0.1) is 0 Å². The van der Waals surface area contributed by atoms with Crippen LogP contribution in [-0.2, 0) is 11.3 Å². The van der Waals surface area contributed by atoms with Crippen LogP contribution in [0.25, 0.3) is 0 Å². The highest BCUT2D eigenvalue weighted by molar-refractivity contribution is 8.00. The molecule has 0 bridgehead atoms. The topological polar surface area (TPSA) is 75.8 Å². The molecule has 1 spiro atoms. The number of guanidine groups is 1. The number of nitrogens with zero attached hydrogens (tertiary/aromatic N) is 4. The summed E-state index contributed by atoms with van der Waals surface area (Å²) in [6.45, 7) is 9.99. The number of nitrogens with one attached hydrogen (secondary N) is 1. The van der Waals surface area contributed by atoms with E-state index in [1.165, 1.54) is 37.9 Å². The summed E-state index contributed by atoms with van der Waals surface area (Å²) in [7, 11) is 0. The van der Waals surface area contributed by atoms with Gasteiger partial charge in [0.05, 0.1) is 0 Å². The first-order chi connectivity index (χ1) is 13.2. The molecule has 7 nitrogen and oxygen atoms in total. The molecule has 1 aromatic rings. The van der Waals surface area contributed by atoms with E-state index < -0.39 is 0 Å². The van der Waals surface area contributed by atoms with Crippen molar-refractivity contribution >= 4 is 17.7 Å². The summed E-state index contributed by atoms with van der Waals surface area (Å²) in [6, 6.07) is 0. The fourth-order valence-corrected chi connectivity index (χ4v) is 5.48. The van der Waals surface area contributed by atoms with E-state index in [2.05, 4.69) is 39.0 Å². The molecule has 1 saturated heterocycles. The molecular formula is C19H33N5O2S. The van der Waals surface area contributed by atoms with Crippen LogP contribution in [0.15, 0.2) is 9.52 Å². The predicted octanol–water partition coefficient (Wildman–Crippen LogP) is 3.38. The number of hydrogen-bond donors (Lipinski definition) is 1. The molecule has 0 amide bonds. The van der Waals surface area contributed by atoms with Gasteiger partial charge in [0.25, 0.3) is 0 Å². The Balaban J connectivity index is 1.65. The minimum atomic E-state index is -0.157. The van der Waals surface area contributed by atoms with Crippen molar-refractivity contribution in [3.05, 3.63) is 11.7 Å². The normalized spacial score (nSPS) is 21.4. The molecular weight excluding hydrogens is 362 g/mol. The first kappa shape index (κ1) is 20.5. The lowest BCUT2D eigenvalue weighted by Crippen LogP contribution is -2.53. The van der Waals surface area contributed by atoms with Crippen molar-refractivity contribution in [3.63, 3.8) is 0 Å². The zero-order chi connectivity index (χ0) is 19.1. The minimum Gasteiger partial charge on any atom is -0.371 e. The van der Waals surface area contributed by atoms with Crippen LogP contribution in [0.2, 0.25) is 0 Å². The molecule has 8 heteroatoms. The summed E-state index contributed by atoms with van der Waals surface area (Å²) in [5.41, 5.74) is 0. The average molecular weight is 396 g/mol. The Morgan fingerprint density at radius 2 is 2.19 bits per heavy atom. The van der Waals surface area contributed by atoms with Gasteiger partial charge in [-0.25, -0.2) is 4.99 Å². The van der Waals surface area contributed by atoms with Crippen LogP contribution >= 0.6 is 11.8 Å². The van der Waals surface area contributed by atoms with Crippen LogP contribution in [0.1, 0.15) is 70.7 Å². The molecule has 0 radical (unpaired) electrons. The lowest BCUT2D eigenvalue weighted by atomic mass is 9.87. The van der Waals surface area contributed by atoms with Gasteiger partial charge in [0.15, 0.2) is 11.8 Å². The summed E-state index contributed by atoms with van der Waals surface area (Å²) in [4.78, 5) is 11.6. The number of aliphatic imine (C=N–C) groups is 1. The third-order valence-electron chi connectivity index (χ3n) is 5.28. The van der Waals surface area contributed by atoms with Crippen molar-refractivity contribution in [2.24, 2.45) is 4.99 Å². The number of thioether (sulfide) groups is 1. The van der Waals surface area contributed by atoms with Crippen molar-refractivity contribution in [1.82, 2.24) is 20.4 Å². The van der Waals surface area contributed by atoms with E-state index in [9.17, 15) is 0 Å². The predicted molar refractivity (Wildman–Crippen MR) is 109 cm³/mol. The van der Waals surface area contributed by atoms with E-state index in [0.29, 0.717) is 29.6 Å². The Hall–Kier alpha value is -1.28. The molecule has 1 unspecified atom stereocenters. The summed E-state index contributed by atoms with van der Waals surface area (Å²) in [5, 5.41) is 7.47. The highest BCUT2D eigenvalue weighted by Gasteiger charge is 2.38. The van der Waals surface area contributed by atoms with Crippen molar-refractivity contribution < 1.29 is 9.26 Å². The molecule has 27 heavy (non-hydrogen) atoms. The molecule has 0 aromatic carbocycles. The Morgan fingerprint density at radius 3 is 2.93 bits per heavy atom. The molecule has 1 atom stereocenters. The van der Waals surface area contributed by atoms with Crippen LogP contribution in [0.4, 0.5) is 0 Å². The Labute approximate surface area is 166 Å². The number of ether oxygens (including phenoxy) is 1. The van der Waals surface area contributed by atoms with Crippen LogP contribution in [0.3, 0.4) is 0 Å². The molecule has 1 aromatic heterocycles. The third kappa shape index (κ3) is 5.38. The zero-order valence-electron chi connectivity index (χ0n) is 16.9. The summed E-state index contributed by atoms with van der Waals surface area (Å²) < 4.78 is 11.3. The molecule has 2 heterocycles. The quantitative estimate of drug-likeness (QED) is 0.584. The largest absolute Gasteiger partial charge is 0.371 e. The Morgan fingerprint density at radius 1 is 1.37 bits per heavy atom. The highest BCUT2D eigenvalue weighted by atomic mass is 32.2. The van der Waals surface area contributed by atoms with Gasteiger partial charge in [-0.15, -0.1) is 0 Å². The lowest BCUT2D eigenvalue weighted by molar-refractivity contribution is 0.0683. The number of hydrogen-bond acceptors (Lipinski definition) is 6. The van der Waals surface area contributed by atoms with Crippen molar-refractivity contribution in [2.45, 2.75) is 70.3 Å². The van der Waals surface area contributed by atoms with Gasteiger partial charge in [-0.1, -0.05) is 24.4 Å². The monoisotopic (exact) mass is 395 g/mol. The van der Waals surface area contributed by atoms with E-state index in [-0.39, 0.29) is 6.10 Å². The van der Waals surface area contributed by atoms with Crippen molar-refractivity contribution in [3.8, 4) is 0 Å². The first-order valence-electron chi connectivity index (χ1n) is 10.3. The molecule has 1 aliphatic carbocycles. The van der Waals surface area contributed by atoms with Crippen LogP contribution in [-0.4, -0.2) is 57.7 Å². The summed E-state index contributed by atoms with van der Waals surface area (Å²) in [5.74, 6) is 3.25. The van der Waals surface area contributed by atoms with Gasteiger partial charge in [-0.05, 0) is 33.6 Å². The van der Waals surface area contributed by atoms with E-state index >= 15 is 0 Å². The summed E-state index contributed by atoms with van der Waals surface area (Å²) in [6.07, 6.45) is 6.60. The average Bonchev–Trinajstić information content (AvgIpc) is 3.15.